The molecule has 5 nitrogen and oxygen atoms in total. The van der Waals surface area contributed by atoms with E-state index in [1.54, 1.807) is 25.3 Å². The predicted molar refractivity (Wildman–Crippen MR) is 99.3 cm³/mol. The number of hydrogen-bond acceptors (Lipinski definition) is 4. The maximum atomic E-state index is 12.9. The SMILES string of the molecule is COC(=O)Cc1c(NCc2cccc(C(F)(F)F)c2)[nH]c2ccc(OC)cc12. The number of esters is 1. The Bertz CT molecular complexity index is 996. The van der Waals surface area contributed by atoms with Gasteiger partial charge in [-0.1, -0.05) is 12.1 Å². The highest BCUT2D eigenvalue weighted by molar-refractivity contribution is 5.93. The van der Waals surface area contributed by atoms with Crippen LogP contribution in [0.1, 0.15) is 16.7 Å². The summed E-state index contributed by atoms with van der Waals surface area (Å²) in [5.74, 6) is 0.749. The average molecular weight is 392 g/mol. The number of benzene rings is 2. The number of halogens is 3. The van der Waals surface area contributed by atoms with E-state index in [0.717, 1.165) is 23.0 Å². The standard InChI is InChI=1S/C20H19F3N2O3/c1-27-14-6-7-17-15(9-14)16(10-18(26)28-2)19(25-17)24-11-12-4-3-5-13(8-12)20(21,22)23/h3-9,24-25H,10-11H2,1-2H3. The molecule has 0 radical (unpaired) electrons. The molecule has 0 spiro atoms. The molecule has 28 heavy (non-hydrogen) atoms. The van der Waals surface area contributed by atoms with Gasteiger partial charge in [-0.05, 0) is 35.9 Å². The number of methoxy groups -OCH3 is 2. The van der Waals surface area contributed by atoms with Crippen LogP contribution in [0.4, 0.5) is 19.0 Å². The van der Waals surface area contributed by atoms with Gasteiger partial charge in [-0.25, -0.2) is 0 Å². The van der Waals surface area contributed by atoms with Gasteiger partial charge in [-0.3, -0.25) is 4.79 Å². The summed E-state index contributed by atoms with van der Waals surface area (Å²) >= 11 is 0. The summed E-state index contributed by atoms with van der Waals surface area (Å²) in [5, 5.41) is 3.87. The zero-order chi connectivity index (χ0) is 20.3. The molecule has 0 bridgehead atoms. The molecule has 1 heterocycles. The first-order valence-electron chi connectivity index (χ1n) is 8.47. The van der Waals surface area contributed by atoms with Gasteiger partial charge in [0.05, 0.1) is 26.2 Å². The van der Waals surface area contributed by atoms with Crippen molar-refractivity contribution in [3.63, 3.8) is 0 Å². The normalized spacial score (nSPS) is 11.5. The van der Waals surface area contributed by atoms with Gasteiger partial charge >= 0.3 is 12.1 Å². The van der Waals surface area contributed by atoms with Crippen molar-refractivity contribution in [1.29, 1.82) is 0 Å². The highest BCUT2D eigenvalue weighted by atomic mass is 19.4. The molecule has 1 aromatic heterocycles. The van der Waals surface area contributed by atoms with Crippen molar-refractivity contribution >= 4 is 22.7 Å². The van der Waals surface area contributed by atoms with Crippen LogP contribution in [0.25, 0.3) is 10.9 Å². The number of nitrogens with one attached hydrogen (secondary N) is 2. The molecule has 0 fully saturated rings. The lowest BCUT2D eigenvalue weighted by molar-refractivity contribution is -0.140. The zero-order valence-electron chi connectivity index (χ0n) is 15.3. The highest BCUT2D eigenvalue weighted by Crippen LogP contribution is 2.32. The maximum absolute atomic E-state index is 12.9. The fourth-order valence-electron chi connectivity index (χ4n) is 2.95. The number of carbonyl (C=O) groups is 1. The number of alkyl halides is 3. The highest BCUT2D eigenvalue weighted by Gasteiger charge is 2.30. The topological polar surface area (TPSA) is 63.3 Å². The molecule has 8 heteroatoms. The lowest BCUT2D eigenvalue weighted by atomic mass is 10.1. The molecule has 148 valence electrons. The third-order valence-corrected chi connectivity index (χ3v) is 4.39. The molecule has 0 aliphatic carbocycles. The van der Waals surface area contributed by atoms with Gasteiger partial charge in [-0.15, -0.1) is 0 Å². The molecule has 0 saturated carbocycles. The monoisotopic (exact) mass is 392 g/mol. The molecule has 3 aromatic rings. The predicted octanol–water partition coefficient (Wildman–Crippen LogP) is 4.52. The number of carbonyl (C=O) groups excluding carboxylic acids is 1. The average Bonchev–Trinajstić information content (AvgIpc) is 3.02. The van der Waals surface area contributed by atoms with E-state index in [0.29, 0.717) is 22.7 Å². The van der Waals surface area contributed by atoms with Gasteiger partial charge in [0, 0.05) is 23.0 Å². The van der Waals surface area contributed by atoms with Crippen LogP contribution < -0.4 is 10.1 Å². The zero-order valence-corrected chi connectivity index (χ0v) is 15.3. The third-order valence-electron chi connectivity index (χ3n) is 4.39. The van der Waals surface area contributed by atoms with Crippen molar-refractivity contribution in [3.05, 3.63) is 59.2 Å². The molecule has 0 saturated heterocycles. The van der Waals surface area contributed by atoms with E-state index in [1.807, 2.05) is 6.07 Å². The summed E-state index contributed by atoms with van der Waals surface area (Å²) in [4.78, 5) is 15.0. The van der Waals surface area contributed by atoms with Gasteiger partial charge in [0.25, 0.3) is 0 Å². The summed E-state index contributed by atoms with van der Waals surface area (Å²) in [5.41, 5.74) is 1.19. The van der Waals surface area contributed by atoms with Crippen molar-refractivity contribution < 1.29 is 27.4 Å². The fourth-order valence-corrected chi connectivity index (χ4v) is 2.95. The largest absolute Gasteiger partial charge is 0.497 e. The quantitative estimate of drug-likeness (QED) is 0.606. The number of fused-ring (bicyclic) bond motifs is 1. The number of aromatic nitrogens is 1. The van der Waals surface area contributed by atoms with Crippen molar-refractivity contribution in [1.82, 2.24) is 4.98 Å². The lowest BCUT2D eigenvalue weighted by Gasteiger charge is -2.11. The second-order valence-corrected chi connectivity index (χ2v) is 6.19. The molecule has 2 aromatic carbocycles. The van der Waals surface area contributed by atoms with Crippen LogP contribution in [0.3, 0.4) is 0 Å². The van der Waals surface area contributed by atoms with E-state index in [4.69, 9.17) is 9.47 Å². The minimum Gasteiger partial charge on any atom is -0.497 e. The number of aromatic amines is 1. The molecule has 3 rings (SSSR count). The number of rotatable bonds is 6. The Morgan fingerprint density at radius 1 is 1.14 bits per heavy atom. The van der Waals surface area contributed by atoms with Crippen LogP contribution in [0.2, 0.25) is 0 Å². The maximum Gasteiger partial charge on any atom is 0.416 e. The molecular weight excluding hydrogens is 373 g/mol. The van der Waals surface area contributed by atoms with Crippen molar-refractivity contribution in [2.75, 3.05) is 19.5 Å². The Morgan fingerprint density at radius 3 is 2.61 bits per heavy atom. The summed E-state index contributed by atoms with van der Waals surface area (Å²) in [7, 11) is 2.84. The molecule has 0 aliphatic rings. The van der Waals surface area contributed by atoms with Gasteiger partial charge in [0.2, 0.25) is 0 Å². The molecule has 0 atom stereocenters. The van der Waals surface area contributed by atoms with Crippen LogP contribution in [0.5, 0.6) is 5.75 Å². The second-order valence-electron chi connectivity index (χ2n) is 6.19. The van der Waals surface area contributed by atoms with Crippen molar-refractivity contribution in [2.45, 2.75) is 19.1 Å². The van der Waals surface area contributed by atoms with Gasteiger partial charge in [0.1, 0.15) is 11.6 Å². The van der Waals surface area contributed by atoms with Crippen LogP contribution >= 0.6 is 0 Å². The Kier molecular flexibility index (Phi) is 5.48. The van der Waals surface area contributed by atoms with E-state index < -0.39 is 17.7 Å². The minimum absolute atomic E-state index is 0.00852. The Balaban J connectivity index is 1.92. The first kappa shape index (κ1) is 19.6. The Hall–Kier alpha value is -3.16. The summed E-state index contributed by atoms with van der Waals surface area (Å²) in [6, 6.07) is 10.5. The third kappa shape index (κ3) is 4.21. The summed E-state index contributed by atoms with van der Waals surface area (Å²) < 4.78 is 48.7. The van der Waals surface area contributed by atoms with Crippen LogP contribution in [-0.2, 0) is 28.7 Å². The molecule has 2 N–H and O–H groups in total. The number of H-pyrrole nitrogens is 1. The molecule has 0 amide bonds. The Labute approximate surface area is 159 Å². The number of ether oxygens (including phenoxy) is 2. The smallest absolute Gasteiger partial charge is 0.416 e. The van der Waals surface area contributed by atoms with Gasteiger partial charge < -0.3 is 19.8 Å². The molecule has 0 aliphatic heterocycles. The van der Waals surface area contributed by atoms with Crippen molar-refractivity contribution in [3.8, 4) is 5.75 Å². The van der Waals surface area contributed by atoms with Crippen molar-refractivity contribution in [2.24, 2.45) is 0 Å². The molecular formula is C20H19F3N2O3. The first-order valence-corrected chi connectivity index (χ1v) is 8.47. The van der Waals surface area contributed by atoms with E-state index in [9.17, 15) is 18.0 Å². The van der Waals surface area contributed by atoms with E-state index in [1.165, 1.54) is 13.2 Å². The number of hydrogen-bond donors (Lipinski definition) is 2. The minimum atomic E-state index is -4.40. The van der Waals surface area contributed by atoms with Crippen LogP contribution in [0.15, 0.2) is 42.5 Å². The molecule has 0 unspecified atom stereocenters. The summed E-state index contributed by atoms with van der Waals surface area (Å²) in [6.07, 6.45) is -4.39. The van der Waals surface area contributed by atoms with Crippen LogP contribution in [-0.4, -0.2) is 25.2 Å². The second kappa shape index (κ2) is 7.84. The van der Waals surface area contributed by atoms with Gasteiger partial charge in [-0.2, -0.15) is 13.2 Å². The number of anilines is 1. The Morgan fingerprint density at radius 2 is 1.93 bits per heavy atom. The van der Waals surface area contributed by atoms with Crippen LogP contribution in [0, 0.1) is 0 Å². The van der Waals surface area contributed by atoms with Gasteiger partial charge in [0.15, 0.2) is 0 Å². The lowest BCUT2D eigenvalue weighted by Crippen LogP contribution is -2.09. The first-order chi connectivity index (χ1) is 13.3. The van der Waals surface area contributed by atoms with E-state index in [-0.39, 0.29) is 13.0 Å². The fraction of sp³-hybridized carbons (Fsp3) is 0.250. The van der Waals surface area contributed by atoms with E-state index in [2.05, 4.69) is 10.3 Å². The van der Waals surface area contributed by atoms with E-state index >= 15 is 0 Å². The summed E-state index contributed by atoms with van der Waals surface area (Å²) in [6.45, 7) is 0.155.